The number of hydrogen-bond acceptors (Lipinski definition) is 3. The Morgan fingerprint density at radius 1 is 0.886 bits per heavy atom. The second kappa shape index (κ2) is 10.9. The lowest BCUT2D eigenvalue weighted by molar-refractivity contribution is 0.281. The van der Waals surface area contributed by atoms with Gasteiger partial charge in [0.15, 0.2) is 0 Å². The van der Waals surface area contributed by atoms with Crippen LogP contribution in [0.25, 0.3) is 10.8 Å². The maximum Gasteiger partial charge on any atom is 0.274 e. The van der Waals surface area contributed by atoms with Gasteiger partial charge in [-0.25, -0.2) is 4.68 Å². The van der Waals surface area contributed by atoms with Gasteiger partial charge in [0.1, 0.15) is 0 Å². The molecule has 180 valence electrons. The summed E-state index contributed by atoms with van der Waals surface area (Å²) in [5.74, 6) is 0. The van der Waals surface area contributed by atoms with E-state index in [1.165, 1.54) is 5.56 Å². The Balaban J connectivity index is 1.39. The van der Waals surface area contributed by atoms with Crippen LogP contribution < -0.4 is 5.56 Å². The molecule has 5 rings (SSSR count). The summed E-state index contributed by atoms with van der Waals surface area (Å²) in [5, 5.41) is 7.76. The number of hydrogen-bond donors (Lipinski definition) is 0. The number of fused-ring (bicyclic) bond motifs is 1. The largest absolute Gasteiger partial charge is 0.303 e. The molecule has 1 unspecified atom stereocenters. The van der Waals surface area contributed by atoms with Crippen molar-refractivity contribution in [1.29, 1.82) is 0 Å². The van der Waals surface area contributed by atoms with E-state index >= 15 is 0 Å². The van der Waals surface area contributed by atoms with E-state index in [0.29, 0.717) is 21.9 Å². The van der Waals surface area contributed by atoms with Crippen LogP contribution >= 0.6 is 23.2 Å². The first-order valence-corrected chi connectivity index (χ1v) is 13.0. The van der Waals surface area contributed by atoms with Gasteiger partial charge in [0.2, 0.25) is 0 Å². The van der Waals surface area contributed by atoms with Gasteiger partial charge in [0, 0.05) is 34.9 Å². The van der Waals surface area contributed by atoms with Crippen molar-refractivity contribution in [1.82, 2.24) is 14.7 Å². The standard InChI is InChI=1S/C29H29Cl2N3O/c30-23-13-12-22(27(31)20-23)19-28-25-10-4-5-11-26(25)29(35)34(32-28)24-9-6-16-33(18-15-24)17-14-21-7-2-1-3-8-21/h1-5,7-8,10-13,20,24H,6,9,14-19H2. The molecule has 35 heavy (non-hydrogen) atoms. The van der Waals surface area contributed by atoms with Crippen LogP contribution in [0.5, 0.6) is 0 Å². The van der Waals surface area contributed by atoms with Gasteiger partial charge in [0.25, 0.3) is 5.56 Å². The molecule has 1 aliphatic heterocycles. The van der Waals surface area contributed by atoms with E-state index in [-0.39, 0.29) is 11.6 Å². The highest BCUT2D eigenvalue weighted by molar-refractivity contribution is 6.35. The summed E-state index contributed by atoms with van der Waals surface area (Å²) in [5.41, 5.74) is 3.18. The monoisotopic (exact) mass is 505 g/mol. The highest BCUT2D eigenvalue weighted by atomic mass is 35.5. The van der Waals surface area contributed by atoms with Crippen LogP contribution in [0.4, 0.5) is 0 Å². The van der Waals surface area contributed by atoms with Crippen LogP contribution in [0, 0.1) is 0 Å². The molecule has 4 aromatic rings. The Labute approximate surface area is 216 Å². The van der Waals surface area contributed by atoms with E-state index in [0.717, 1.165) is 62.0 Å². The molecule has 0 radical (unpaired) electrons. The highest BCUT2D eigenvalue weighted by Gasteiger charge is 2.22. The first kappa shape index (κ1) is 24.1. The second-order valence-electron chi connectivity index (χ2n) is 9.32. The third-order valence-electron chi connectivity index (χ3n) is 6.97. The first-order valence-electron chi connectivity index (χ1n) is 12.3. The molecule has 0 N–H and O–H groups in total. The van der Waals surface area contributed by atoms with E-state index in [1.54, 1.807) is 10.7 Å². The number of rotatable bonds is 6. The van der Waals surface area contributed by atoms with Crippen LogP contribution in [0.3, 0.4) is 0 Å². The summed E-state index contributed by atoms with van der Waals surface area (Å²) < 4.78 is 1.75. The smallest absolute Gasteiger partial charge is 0.274 e. The van der Waals surface area contributed by atoms with Gasteiger partial charge in [-0.3, -0.25) is 4.79 Å². The maximum absolute atomic E-state index is 13.5. The van der Waals surface area contributed by atoms with E-state index in [1.807, 2.05) is 36.4 Å². The molecular weight excluding hydrogens is 477 g/mol. The normalized spacial score (nSPS) is 16.9. The Morgan fingerprint density at radius 2 is 1.66 bits per heavy atom. The van der Waals surface area contributed by atoms with Gasteiger partial charge in [-0.05, 0) is 61.6 Å². The van der Waals surface area contributed by atoms with Crippen molar-refractivity contribution < 1.29 is 0 Å². The van der Waals surface area contributed by atoms with Gasteiger partial charge < -0.3 is 4.90 Å². The molecule has 6 heteroatoms. The highest BCUT2D eigenvalue weighted by Crippen LogP contribution is 2.27. The number of likely N-dealkylation sites (tertiary alicyclic amines) is 1. The molecule has 0 bridgehead atoms. The zero-order valence-corrected chi connectivity index (χ0v) is 21.2. The molecule has 1 saturated heterocycles. The van der Waals surface area contributed by atoms with E-state index in [2.05, 4.69) is 35.2 Å². The summed E-state index contributed by atoms with van der Waals surface area (Å²) in [6.45, 7) is 3.06. The van der Waals surface area contributed by atoms with Crippen LogP contribution in [0.2, 0.25) is 10.0 Å². The number of benzene rings is 3. The molecule has 1 atom stereocenters. The molecule has 3 aromatic carbocycles. The summed E-state index contributed by atoms with van der Waals surface area (Å²) in [4.78, 5) is 16.0. The molecule has 1 fully saturated rings. The predicted molar refractivity (Wildman–Crippen MR) is 145 cm³/mol. The minimum absolute atomic E-state index is 0.00529. The lowest BCUT2D eigenvalue weighted by Crippen LogP contribution is -2.30. The Morgan fingerprint density at radius 3 is 2.46 bits per heavy atom. The van der Waals surface area contributed by atoms with Gasteiger partial charge in [-0.1, -0.05) is 77.8 Å². The van der Waals surface area contributed by atoms with Gasteiger partial charge in [-0.2, -0.15) is 5.10 Å². The van der Waals surface area contributed by atoms with Gasteiger partial charge >= 0.3 is 0 Å². The molecule has 0 aliphatic carbocycles. The van der Waals surface area contributed by atoms with Crippen LogP contribution in [-0.4, -0.2) is 34.3 Å². The van der Waals surface area contributed by atoms with Crippen molar-refractivity contribution in [3.8, 4) is 0 Å². The fourth-order valence-electron chi connectivity index (χ4n) is 5.04. The third-order valence-corrected chi connectivity index (χ3v) is 7.56. The summed E-state index contributed by atoms with van der Waals surface area (Å²) in [7, 11) is 0. The van der Waals surface area contributed by atoms with Crippen LogP contribution in [-0.2, 0) is 12.8 Å². The lowest BCUT2D eigenvalue weighted by Gasteiger charge is -2.21. The molecule has 0 amide bonds. The van der Waals surface area contributed by atoms with Crippen LogP contribution in [0.15, 0.2) is 77.6 Å². The number of aromatic nitrogens is 2. The average molecular weight is 506 g/mol. The van der Waals surface area contributed by atoms with Crippen molar-refractivity contribution in [3.63, 3.8) is 0 Å². The average Bonchev–Trinajstić information content (AvgIpc) is 3.12. The lowest BCUT2D eigenvalue weighted by atomic mass is 10.0. The molecule has 1 aromatic heterocycles. The molecule has 2 heterocycles. The van der Waals surface area contributed by atoms with Gasteiger partial charge in [-0.15, -0.1) is 0 Å². The minimum Gasteiger partial charge on any atom is -0.303 e. The van der Waals surface area contributed by atoms with E-state index in [9.17, 15) is 4.79 Å². The predicted octanol–water partition coefficient (Wildman–Crippen LogP) is 6.56. The first-order chi connectivity index (χ1) is 17.1. The summed E-state index contributed by atoms with van der Waals surface area (Å²) in [6, 6.07) is 24.0. The van der Waals surface area contributed by atoms with Crippen molar-refractivity contribution >= 4 is 34.0 Å². The summed E-state index contributed by atoms with van der Waals surface area (Å²) in [6.07, 6.45) is 4.52. The van der Waals surface area contributed by atoms with Crippen molar-refractivity contribution in [2.45, 2.75) is 38.1 Å². The molecule has 4 nitrogen and oxygen atoms in total. The van der Waals surface area contributed by atoms with Crippen molar-refractivity contribution in [2.75, 3.05) is 19.6 Å². The molecule has 1 aliphatic rings. The summed E-state index contributed by atoms with van der Waals surface area (Å²) >= 11 is 12.6. The minimum atomic E-state index is -0.00529. The fraction of sp³-hybridized carbons (Fsp3) is 0.310. The van der Waals surface area contributed by atoms with Gasteiger partial charge in [0.05, 0.1) is 17.1 Å². The molecule has 0 saturated carbocycles. The Bertz CT molecular complexity index is 1370. The second-order valence-corrected chi connectivity index (χ2v) is 10.2. The SMILES string of the molecule is O=c1c2ccccc2c(Cc2ccc(Cl)cc2Cl)nn1C1CCCN(CCc2ccccc2)CC1. The third kappa shape index (κ3) is 5.61. The molecule has 0 spiro atoms. The number of halogens is 2. The topological polar surface area (TPSA) is 38.1 Å². The number of nitrogens with zero attached hydrogens (tertiary/aromatic N) is 3. The van der Waals surface area contributed by atoms with Crippen LogP contribution in [0.1, 0.15) is 42.1 Å². The van der Waals surface area contributed by atoms with Crippen molar-refractivity contribution in [2.24, 2.45) is 0 Å². The maximum atomic E-state index is 13.5. The van der Waals surface area contributed by atoms with E-state index in [4.69, 9.17) is 28.3 Å². The van der Waals surface area contributed by atoms with E-state index < -0.39 is 0 Å². The zero-order chi connectivity index (χ0) is 24.2. The fourth-order valence-corrected chi connectivity index (χ4v) is 5.51. The Kier molecular flexibility index (Phi) is 7.52. The quantitative estimate of drug-likeness (QED) is 0.297. The van der Waals surface area contributed by atoms with Crippen molar-refractivity contribution in [3.05, 3.63) is 110 Å². The Hall–Kier alpha value is -2.66. The zero-order valence-electron chi connectivity index (χ0n) is 19.7. The molecular formula is C29H29Cl2N3O.